The summed E-state index contributed by atoms with van der Waals surface area (Å²) in [5.74, 6) is 2.19. The number of carbonyl (C=O) groups excluding carboxylic acids is 2. The SMILES string of the molecule is CCC[C@@H]1C[C@H]1C(=O)N1C[C@@H]2C[C@H]1CN2C(=O)c1ccc2c(c1)C(C)(C)CO2. The predicted molar refractivity (Wildman–Crippen MR) is 106 cm³/mol. The normalized spacial score (nSPS) is 31.7. The minimum atomic E-state index is -0.0574. The minimum Gasteiger partial charge on any atom is -0.492 e. The lowest BCUT2D eigenvalue weighted by molar-refractivity contribution is -0.135. The van der Waals surface area contributed by atoms with Crippen molar-refractivity contribution in [2.75, 3.05) is 19.7 Å². The van der Waals surface area contributed by atoms with Crippen molar-refractivity contribution in [3.63, 3.8) is 0 Å². The molecule has 4 aliphatic rings. The fraction of sp³-hybridized carbons (Fsp3) is 0.652. The number of hydrogen-bond donors (Lipinski definition) is 0. The molecular formula is C23H30N2O3. The Labute approximate surface area is 167 Å². The summed E-state index contributed by atoms with van der Waals surface area (Å²) in [5, 5.41) is 0. The molecule has 0 spiro atoms. The Kier molecular flexibility index (Phi) is 4.01. The number of ether oxygens (including phenoxy) is 1. The van der Waals surface area contributed by atoms with Gasteiger partial charge in [0.25, 0.3) is 5.91 Å². The molecule has 28 heavy (non-hydrogen) atoms. The van der Waals surface area contributed by atoms with Gasteiger partial charge in [-0.05, 0) is 43.4 Å². The zero-order valence-corrected chi connectivity index (χ0v) is 17.1. The zero-order valence-electron chi connectivity index (χ0n) is 17.1. The number of likely N-dealkylation sites (tertiary alicyclic amines) is 2. The van der Waals surface area contributed by atoms with Gasteiger partial charge in [-0.25, -0.2) is 0 Å². The fourth-order valence-corrected chi connectivity index (χ4v) is 5.46. The molecule has 2 amide bonds. The molecular weight excluding hydrogens is 352 g/mol. The van der Waals surface area contributed by atoms with Crippen LogP contribution in [-0.4, -0.2) is 53.4 Å². The summed E-state index contributed by atoms with van der Waals surface area (Å²) in [5.41, 5.74) is 1.81. The molecule has 0 aromatic heterocycles. The molecule has 1 aromatic carbocycles. The summed E-state index contributed by atoms with van der Waals surface area (Å²) in [6.07, 6.45) is 4.32. The van der Waals surface area contributed by atoms with Crippen LogP contribution in [0.3, 0.4) is 0 Å². The van der Waals surface area contributed by atoms with E-state index in [0.29, 0.717) is 31.5 Å². The van der Waals surface area contributed by atoms with Crippen LogP contribution in [-0.2, 0) is 10.2 Å². The van der Waals surface area contributed by atoms with Gasteiger partial charge in [0.15, 0.2) is 0 Å². The topological polar surface area (TPSA) is 49.9 Å². The standard InChI is InChI=1S/C23H30N2O3/c1-4-5-14-8-18(14)22(27)25-12-16-10-17(25)11-24(16)21(26)15-6-7-20-19(9-15)23(2,3)13-28-20/h6-7,9,14,16-18H,4-5,8,10-13H2,1-3H3/t14-,16+,17+,18-/m1/s1. The lowest BCUT2D eigenvalue weighted by Gasteiger charge is -2.34. The Morgan fingerprint density at radius 2 is 1.89 bits per heavy atom. The molecule has 1 saturated carbocycles. The molecule has 1 aromatic rings. The van der Waals surface area contributed by atoms with Crippen molar-refractivity contribution in [2.45, 2.75) is 64.0 Å². The highest BCUT2D eigenvalue weighted by atomic mass is 16.5. The van der Waals surface area contributed by atoms with Gasteiger partial charge in [0.05, 0.1) is 18.7 Å². The van der Waals surface area contributed by atoms with Gasteiger partial charge >= 0.3 is 0 Å². The highest BCUT2D eigenvalue weighted by molar-refractivity contribution is 5.95. The average Bonchev–Trinajstić information content (AvgIpc) is 3.01. The van der Waals surface area contributed by atoms with E-state index in [1.165, 1.54) is 6.42 Å². The molecule has 3 aliphatic heterocycles. The van der Waals surface area contributed by atoms with E-state index in [1.807, 2.05) is 23.1 Å². The van der Waals surface area contributed by atoms with Crippen LogP contribution < -0.4 is 4.74 Å². The van der Waals surface area contributed by atoms with Crippen molar-refractivity contribution in [1.82, 2.24) is 9.80 Å². The summed E-state index contributed by atoms with van der Waals surface area (Å²) >= 11 is 0. The van der Waals surface area contributed by atoms with E-state index in [2.05, 4.69) is 25.7 Å². The van der Waals surface area contributed by atoms with Gasteiger partial charge in [0.2, 0.25) is 5.91 Å². The Bertz CT molecular complexity index is 833. The summed E-state index contributed by atoms with van der Waals surface area (Å²) in [6.45, 7) is 8.54. The molecule has 3 heterocycles. The Morgan fingerprint density at radius 1 is 1.14 bits per heavy atom. The number of piperazine rings is 1. The second-order valence-corrected chi connectivity index (χ2v) is 9.77. The van der Waals surface area contributed by atoms with Gasteiger partial charge in [-0.1, -0.05) is 27.2 Å². The number of nitrogens with zero attached hydrogens (tertiary/aromatic N) is 2. The minimum absolute atomic E-state index is 0.0574. The number of fused-ring (bicyclic) bond motifs is 3. The lowest BCUT2D eigenvalue weighted by Crippen LogP contribution is -2.51. The first-order valence-corrected chi connectivity index (χ1v) is 10.8. The molecule has 5 heteroatoms. The van der Waals surface area contributed by atoms with Crippen LogP contribution >= 0.6 is 0 Å². The van der Waals surface area contributed by atoms with Crippen LogP contribution in [0.25, 0.3) is 0 Å². The molecule has 5 rings (SSSR count). The predicted octanol–water partition coefficient (Wildman–Crippen LogP) is 3.22. The molecule has 1 aliphatic carbocycles. The Balaban J connectivity index is 1.27. The largest absolute Gasteiger partial charge is 0.492 e. The molecule has 0 unspecified atom stereocenters. The summed E-state index contributed by atoms with van der Waals surface area (Å²) in [7, 11) is 0. The van der Waals surface area contributed by atoms with Gasteiger partial charge in [0.1, 0.15) is 5.75 Å². The smallest absolute Gasteiger partial charge is 0.254 e. The van der Waals surface area contributed by atoms with Gasteiger partial charge in [-0.3, -0.25) is 9.59 Å². The van der Waals surface area contributed by atoms with Crippen LogP contribution in [0.4, 0.5) is 0 Å². The van der Waals surface area contributed by atoms with E-state index < -0.39 is 0 Å². The third-order valence-corrected chi connectivity index (χ3v) is 7.23. The molecule has 150 valence electrons. The maximum absolute atomic E-state index is 13.2. The van der Waals surface area contributed by atoms with Crippen LogP contribution in [0.15, 0.2) is 18.2 Å². The molecule has 0 radical (unpaired) electrons. The molecule has 4 atom stereocenters. The van der Waals surface area contributed by atoms with E-state index in [1.54, 1.807) is 0 Å². The molecule has 5 nitrogen and oxygen atoms in total. The van der Waals surface area contributed by atoms with Crippen molar-refractivity contribution >= 4 is 11.8 Å². The zero-order chi connectivity index (χ0) is 19.6. The summed E-state index contributed by atoms with van der Waals surface area (Å²) < 4.78 is 5.75. The second kappa shape index (κ2) is 6.23. The number of benzene rings is 1. The first-order chi connectivity index (χ1) is 13.4. The van der Waals surface area contributed by atoms with Crippen molar-refractivity contribution in [1.29, 1.82) is 0 Å². The van der Waals surface area contributed by atoms with Crippen LogP contribution in [0.2, 0.25) is 0 Å². The van der Waals surface area contributed by atoms with Crippen LogP contribution in [0.1, 0.15) is 62.4 Å². The summed E-state index contributed by atoms with van der Waals surface area (Å²) in [6, 6.07) is 6.21. The molecule has 3 fully saturated rings. The van der Waals surface area contributed by atoms with E-state index in [9.17, 15) is 9.59 Å². The quantitative estimate of drug-likeness (QED) is 0.803. The van der Waals surface area contributed by atoms with Crippen molar-refractivity contribution in [3.8, 4) is 5.75 Å². The van der Waals surface area contributed by atoms with Crippen molar-refractivity contribution in [2.24, 2.45) is 11.8 Å². The number of hydrogen-bond acceptors (Lipinski definition) is 3. The van der Waals surface area contributed by atoms with E-state index >= 15 is 0 Å². The van der Waals surface area contributed by atoms with Crippen LogP contribution in [0, 0.1) is 11.8 Å². The second-order valence-electron chi connectivity index (χ2n) is 9.77. The molecule has 0 N–H and O–H groups in total. The Hall–Kier alpha value is -2.04. The van der Waals surface area contributed by atoms with E-state index in [0.717, 1.165) is 36.1 Å². The molecule has 2 saturated heterocycles. The maximum Gasteiger partial charge on any atom is 0.254 e. The average molecular weight is 383 g/mol. The van der Waals surface area contributed by atoms with Gasteiger partial charge in [0, 0.05) is 35.5 Å². The highest BCUT2D eigenvalue weighted by Crippen LogP contribution is 2.45. The van der Waals surface area contributed by atoms with E-state index in [-0.39, 0.29) is 29.3 Å². The lowest BCUT2D eigenvalue weighted by atomic mass is 9.86. The Morgan fingerprint density at radius 3 is 2.61 bits per heavy atom. The summed E-state index contributed by atoms with van der Waals surface area (Å²) in [4.78, 5) is 30.1. The third-order valence-electron chi connectivity index (χ3n) is 7.23. The highest BCUT2D eigenvalue weighted by Gasteiger charge is 2.52. The van der Waals surface area contributed by atoms with Gasteiger partial charge in [-0.2, -0.15) is 0 Å². The number of amides is 2. The monoisotopic (exact) mass is 382 g/mol. The maximum atomic E-state index is 13.2. The first-order valence-electron chi connectivity index (χ1n) is 10.8. The van der Waals surface area contributed by atoms with Crippen molar-refractivity contribution < 1.29 is 14.3 Å². The van der Waals surface area contributed by atoms with Crippen molar-refractivity contribution in [3.05, 3.63) is 29.3 Å². The van der Waals surface area contributed by atoms with E-state index in [4.69, 9.17) is 4.74 Å². The first kappa shape index (κ1) is 18.0. The molecule has 2 bridgehead atoms. The van der Waals surface area contributed by atoms with Gasteiger partial charge < -0.3 is 14.5 Å². The number of carbonyl (C=O) groups is 2. The van der Waals surface area contributed by atoms with Crippen LogP contribution in [0.5, 0.6) is 5.75 Å². The third kappa shape index (κ3) is 2.73. The van der Waals surface area contributed by atoms with Gasteiger partial charge in [-0.15, -0.1) is 0 Å². The fourth-order valence-electron chi connectivity index (χ4n) is 5.46. The number of rotatable bonds is 4.